The highest BCUT2D eigenvalue weighted by Gasteiger charge is 2.14. The molecule has 0 radical (unpaired) electrons. The van der Waals surface area contributed by atoms with Gasteiger partial charge in [-0.15, -0.1) is 0 Å². The maximum Gasteiger partial charge on any atom is 0.266 e. The number of nitrogens with zero attached hydrogens (tertiary/aromatic N) is 2. The minimum absolute atomic E-state index is 0.0702. The van der Waals surface area contributed by atoms with Gasteiger partial charge in [0, 0.05) is 33.5 Å². The van der Waals surface area contributed by atoms with Gasteiger partial charge in [0.25, 0.3) is 5.91 Å². The molecular weight excluding hydrogens is 445 g/mol. The van der Waals surface area contributed by atoms with Crippen molar-refractivity contribution in [2.24, 2.45) is 0 Å². The topological polar surface area (TPSA) is 67.0 Å². The van der Waals surface area contributed by atoms with Crippen molar-refractivity contribution in [3.8, 4) is 11.8 Å². The summed E-state index contributed by atoms with van der Waals surface area (Å²) in [6.45, 7) is 0.456. The highest BCUT2D eigenvalue weighted by atomic mass is 35.5. The van der Waals surface area contributed by atoms with Crippen molar-refractivity contribution in [2.45, 2.75) is 6.54 Å². The van der Waals surface area contributed by atoms with Crippen molar-refractivity contribution in [3.63, 3.8) is 0 Å². The number of aromatic nitrogens is 1. The van der Waals surface area contributed by atoms with Crippen LogP contribution < -0.4 is 10.1 Å². The van der Waals surface area contributed by atoms with Crippen molar-refractivity contribution in [1.82, 2.24) is 4.57 Å². The molecule has 0 saturated heterocycles. The Labute approximate surface area is 189 Å². The van der Waals surface area contributed by atoms with Gasteiger partial charge >= 0.3 is 0 Å². The number of hydrogen-bond donors (Lipinski definition) is 1. The van der Waals surface area contributed by atoms with Gasteiger partial charge in [-0.25, -0.2) is 0 Å². The number of methoxy groups -OCH3 is 1. The van der Waals surface area contributed by atoms with Crippen molar-refractivity contribution < 1.29 is 9.53 Å². The zero-order chi connectivity index (χ0) is 21.7. The summed E-state index contributed by atoms with van der Waals surface area (Å²) in [5.41, 5.74) is 1.84. The molecule has 0 atom stereocenters. The Hall–Kier alpha value is -2.91. The molecule has 2 aromatic carbocycles. The Morgan fingerprint density at radius 3 is 2.60 bits per heavy atom. The minimum atomic E-state index is -0.574. The lowest BCUT2D eigenvalue weighted by molar-refractivity contribution is -0.112. The number of amides is 1. The quantitative estimate of drug-likeness (QED) is 0.359. The van der Waals surface area contributed by atoms with Crippen LogP contribution in [0, 0.1) is 11.3 Å². The van der Waals surface area contributed by atoms with Gasteiger partial charge in [-0.2, -0.15) is 5.26 Å². The molecule has 0 bridgehead atoms. The number of ether oxygens (including phenoxy) is 1. The molecule has 0 spiro atoms. The first-order chi connectivity index (χ1) is 14.4. The van der Waals surface area contributed by atoms with Crippen LogP contribution >= 0.6 is 34.8 Å². The summed E-state index contributed by atoms with van der Waals surface area (Å²) < 4.78 is 7.10. The smallest absolute Gasteiger partial charge is 0.266 e. The zero-order valence-electron chi connectivity index (χ0n) is 15.8. The van der Waals surface area contributed by atoms with E-state index in [4.69, 9.17) is 39.5 Å². The van der Waals surface area contributed by atoms with Crippen LogP contribution in [0.25, 0.3) is 6.08 Å². The van der Waals surface area contributed by atoms with E-state index in [0.717, 1.165) is 5.56 Å². The lowest BCUT2D eigenvalue weighted by Gasteiger charge is -2.11. The largest absolute Gasteiger partial charge is 0.495 e. The first-order valence-corrected chi connectivity index (χ1v) is 9.90. The molecule has 30 heavy (non-hydrogen) atoms. The van der Waals surface area contributed by atoms with E-state index in [9.17, 15) is 10.1 Å². The number of halogens is 3. The average molecular weight is 461 g/mol. The summed E-state index contributed by atoms with van der Waals surface area (Å²) in [6.07, 6.45) is 3.35. The van der Waals surface area contributed by atoms with Crippen molar-refractivity contribution in [3.05, 3.63) is 86.6 Å². The number of carbonyl (C=O) groups excluding carboxylic acids is 1. The van der Waals surface area contributed by atoms with Gasteiger partial charge in [-0.1, -0.05) is 40.9 Å². The second kappa shape index (κ2) is 9.73. The van der Waals surface area contributed by atoms with Gasteiger partial charge in [0.2, 0.25) is 0 Å². The van der Waals surface area contributed by atoms with E-state index >= 15 is 0 Å². The third kappa shape index (κ3) is 5.17. The van der Waals surface area contributed by atoms with Crippen LogP contribution in [-0.2, 0) is 11.3 Å². The molecule has 1 heterocycles. The number of nitrogens with one attached hydrogen (secondary N) is 1. The Kier molecular flexibility index (Phi) is 7.07. The molecule has 0 aliphatic carbocycles. The molecule has 5 nitrogen and oxygen atoms in total. The molecule has 1 aromatic heterocycles. The Morgan fingerprint density at radius 1 is 1.17 bits per heavy atom. The number of hydrogen-bond acceptors (Lipinski definition) is 3. The third-order valence-electron chi connectivity index (χ3n) is 4.29. The highest BCUT2D eigenvalue weighted by Crippen LogP contribution is 2.28. The molecular formula is C22H16Cl3N3O2. The van der Waals surface area contributed by atoms with Crippen LogP contribution in [0.15, 0.2) is 60.3 Å². The van der Waals surface area contributed by atoms with Gasteiger partial charge in [0.15, 0.2) is 0 Å². The first kappa shape index (κ1) is 21.8. The summed E-state index contributed by atoms with van der Waals surface area (Å²) >= 11 is 18.2. The first-order valence-electron chi connectivity index (χ1n) is 8.77. The van der Waals surface area contributed by atoms with E-state index in [1.54, 1.807) is 36.4 Å². The number of carbonyl (C=O) groups is 1. The molecule has 1 amide bonds. The highest BCUT2D eigenvalue weighted by molar-refractivity contribution is 6.35. The molecule has 0 saturated carbocycles. The average Bonchev–Trinajstić information content (AvgIpc) is 3.15. The number of benzene rings is 2. The molecule has 1 N–H and O–H groups in total. The molecule has 8 heteroatoms. The summed E-state index contributed by atoms with van der Waals surface area (Å²) in [7, 11) is 1.48. The second-order valence-corrected chi connectivity index (χ2v) is 7.55. The fourth-order valence-electron chi connectivity index (χ4n) is 2.80. The normalized spacial score (nSPS) is 11.1. The van der Waals surface area contributed by atoms with Gasteiger partial charge in [0.05, 0.1) is 12.8 Å². The molecule has 0 unspecified atom stereocenters. The predicted molar refractivity (Wildman–Crippen MR) is 120 cm³/mol. The number of rotatable bonds is 6. The van der Waals surface area contributed by atoms with Crippen LogP contribution in [0.1, 0.15) is 11.3 Å². The summed E-state index contributed by atoms with van der Waals surface area (Å²) in [4.78, 5) is 12.7. The van der Waals surface area contributed by atoms with Crippen LogP contribution in [0.5, 0.6) is 5.75 Å². The van der Waals surface area contributed by atoms with E-state index in [0.29, 0.717) is 38.7 Å². The minimum Gasteiger partial charge on any atom is -0.495 e. The van der Waals surface area contributed by atoms with Crippen LogP contribution in [-0.4, -0.2) is 17.6 Å². The monoisotopic (exact) mass is 459 g/mol. The summed E-state index contributed by atoms with van der Waals surface area (Å²) in [6, 6.07) is 15.7. The molecule has 3 aromatic rings. The maximum absolute atomic E-state index is 12.7. The fraction of sp³-hybridized carbons (Fsp3) is 0.0909. The predicted octanol–water partition coefficient (Wildman–Crippen LogP) is 6.05. The van der Waals surface area contributed by atoms with E-state index in [-0.39, 0.29) is 5.57 Å². The maximum atomic E-state index is 12.7. The lowest BCUT2D eigenvalue weighted by atomic mass is 10.2. The van der Waals surface area contributed by atoms with Gasteiger partial charge < -0.3 is 14.6 Å². The SMILES string of the molecule is COc1ccc(Cl)cc1NC(=O)C(C#N)=Cc1cccn1Cc1ccc(Cl)cc1Cl. The lowest BCUT2D eigenvalue weighted by Crippen LogP contribution is -2.14. The van der Waals surface area contributed by atoms with E-state index in [1.807, 2.05) is 29.0 Å². The molecule has 0 fully saturated rings. The standard InChI is InChI=1S/C22H16Cl3N3O2/c1-30-21-7-6-17(24)11-20(21)27-22(29)15(12-26)9-18-3-2-8-28(18)13-14-4-5-16(23)10-19(14)25/h2-11H,13H2,1H3,(H,27,29). The van der Waals surface area contributed by atoms with E-state index in [1.165, 1.54) is 13.2 Å². The fourth-order valence-corrected chi connectivity index (χ4v) is 3.44. The van der Waals surface area contributed by atoms with Crippen LogP contribution in [0.2, 0.25) is 15.1 Å². The Balaban J connectivity index is 1.85. The third-order valence-corrected chi connectivity index (χ3v) is 5.11. The van der Waals surface area contributed by atoms with E-state index < -0.39 is 5.91 Å². The van der Waals surface area contributed by atoms with Gasteiger partial charge in [0.1, 0.15) is 17.4 Å². The van der Waals surface area contributed by atoms with Gasteiger partial charge in [-0.3, -0.25) is 4.79 Å². The molecule has 0 aliphatic rings. The molecule has 3 rings (SSSR count). The Morgan fingerprint density at radius 2 is 1.90 bits per heavy atom. The number of nitriles is 1. The second-order valence-electron chi connectivity index (χ2n) is 6.27. The molecule has 0 aliphatic heterocycles. The summed E-state index contributed by atoms with van der Waals surface area (Å²) in [5, 5.41) is 13.7. The van der Waals surface area contributed by atoms with Crippen molar-refractivity contribution in [2.75, 3.05) is 12.4 Å². The van der Waals surface area contributed by atoms with Gasteiger partial charge in [-0.05, 0) is 54.1 Å². The zero-order valence-corrected chi connectivity index (χ0v) is 18.1. The van der Waals surface area contributed by atoms with E-state index in [2.05, 4.69) is 5.32 Å². The summed E-state index contributed by atoms with van der Waals surface area (Å²) in [5.74, 6) is -0.138. The van der Waals surface area contributed by atoms with Crippen LogP contribution in [0.4, 0.5) is 5.69 Å². The van der Waals surface area contributed by atoms with Crippen molar-refractivity contribution >= 4 is 52.5 Å². The Bertz CT molecular complexity index is 1160. The van der Waals surface area contributed by atoms with Crippen molar-refractivity contribution in [1.29, 1.82) is 5.26 Å². The molecule has 152 valence electrons. The number of anilines is 1. The van der Waals surface area contributed by atoms with Crippen LogP contribution in [0.3, 0.4) is 0 Å².